The molecule has 2 heterocycles. The summed E-state index contributed by atoms with van der Waals surface area (Å²) in [5.74, 6) is -0.616. The van der Waals surface area contributed by atoms with Gasteiger partial charge in [-0.3, -0.25) is 24.8 Å². The summed E-state index contributed by atoms with van der Waals surface area (Å²) in [7, 11) is 0. The normalized spacial score (nSPS) is 18.5. The predicted octanol–water partition coefficient (Wildman–Crippen LogP) is 1.18. The van der Waals surface area contributed by atoms with E-state index in [9.17, 15) is 14.4 Å². The molecule has 0 radical (unpaired) electrons. The van der Waals surface area contributed by atoms with Gasteiger partial charge in [-0.1, -0.05) is 30.3 Å². The number of anilines is 1. The Kier molecular flexibility index (Phi) is 7.07. The maximum absolute atomic E-state index is 12.9. The number of nitrogen functional groups attached to an aromatic ring is 1. The van der Waals surface area contributed by atoms with Crippen LogP contribution in [0, 0.1) is 5.41 Å². The molecule has 2 saturated heterocycles. The van der Waals surface area contributed by atoms with Crippen LogP contribution in [0.4, 0.5) is 10.5 Å². The third kappa shape index (κ3) is 5.52. The summed E-state index contributed by atoms with van der Waals surface area (Å²) in [5.41, 5.74) is 7.52. The van der Waals surface area contributed by atoms with Crippen LogP contribution in [0.2, 0.25) is 0 Å². The van der Waals surface area contributed by atoms with Crippen LogP contribution in [0.25, 0.3) is 0 Å². The second kappa shape index (κ2) is 10.3. The van der Waals surface area contributed by atoms with Gasteiger partial charge in [0.25, 0.3) is 5.91 Å². The van der Waals surface area contributed by atoms with Gasteiger partial charge in [0.1, 0.15) is 12.4 Å². The third-order valence-electron chi connectivity index (χ3n) is 5.86. The van der Waals surface area contributed by atoms with Crippen LogP contribution >= 0.6 is 0 Å². The number of hydrogen-bond donors (Lipinski definition) is 2. The molecule has 2 aliphatic rings. The highest BCUT2D eigenvalue weighted by Crippen LogP contribution is 2.23. The minimum atomic E-state index is -0.887. The fourth-order valence-corrected chi connectivity index (χ4v) is 3.92. The number of rotatable bonds is 7. The SMILES string of the molecule is N=C(N)c1ccc(N2CC(C(=O)N3CCN(CC(=O)OCc4ccccc4)CC3)OC2=O)cc1. The van der Waals surface area contributed by atoms with Crippen molar-refractivity contribution < 1.29 is 23.9 Å². The smallest absolute Gasteiger partial charge is 0.415 e. The number of nitrogens with zero attached hydrogens (tertiary/aromatic N) is 3. The highest BCUT2D eigenvalue weighted by molar-refractivity contribution is 5.97. The Bertz CT molecular complexity index is 1050. The van der Waals surface area contributed by atoms with Crippen molar-refractivity contribution in [2.45, 2.75) is 12.7 Å². The Morgan fingerprint density at radius 1 is 1.03 bits per heavy atom. The Hall–Kier alpha value is -3.92. The highest BCUT2D eigenvalue weighted by Gasteiger charge is 2.39. The van der Waals surface area contributed by atoms with Crippen molar-refractivity contribution in [3.8, 4) is 0 Å². The Balaban J connectivity index is 1.23. The molecule has 0 bridgehead atoms. The molecule has 1 atom stereocenters. The zero-order valence-electron chi connectivity index (χ0n) is 18.7. The number of hydrogen-bond acceptors (Lipinski definition) is 7. The van der Waals surface area contributed by atoms with Crippen LogP contribution in [0.1, 0.15) is 11.1 Å². The van der Waals surface area contributed by atoms with E-state index in [1.54, 1.807) is 29.2 Å². The van der Waals surface area contributed by atoms with E-state index in [1.165, 1.54) is 4.90 Å². The number of amidine groups is 1. The lowest BCUT2D eigenvalue weighted by atomic mass is 10.2. The number of carbonyl (C=O) groups is 3. The number of nitrogens with one attached hydrogen (secondary N) is 1. The molecule has 0 spiro atoms. The van der Waals surface area contributed by atoms with Gasteiger partial charge in [0.05, 0.1) is 13.1 Å². The number of esters is 1. The van der Waals surface area contributed by atoms with Crippen LogP contribution in [0.15, 0.2) is 54.6 Å². The van der Waals surface area contributed by atoms with Crippen molar-refractivity contribution in [3.63, 3.8) is 0 Å². The summed E-state index contributed by atoms with van der Waals surface area (Å²) < 4.78 is 10.7. The largest absolute Gasteiger partial charge is 0.460 e. The Morgan fingerprint density at radius 3 is 2.35 bits per heavy atom. The summed E-state index contributed by atoms with van der Waals surface area (Å²) in [5, 5.41) is 7.46. The number of ether oxygens (including phenoxy) is 2. The minimum absolute atomic E-state index is 0.0628. The summed E-state index contributed by atoms with van der Waals surface area (Å²) in [4.78, 5) is 42.4. The summed E-state index contributed by atoms with van der Waals surface area (Å²) in [6.45, 7) is 2.45. The summed E-state index contributed by atoms with van der Waals surface area (Å²) in [6.07, 6.45) is -1.48. The summed E-state index contributed by atoms with van der Waals surface area (Å²) in [6, 6.07) is 16.1. The molecule has 0 saturated carbocycles. The molecule has 178 valence electrons. The first kappa shape index (κ1) is 23.2. The van der Waals surface area contributed by atoms with E-state index >= 15 is 0 Å². The molecular formula is C24H27N5O5. The number of nitrogens with two attached hydrogens (primary N) is 1. The molecule has 10 heteroatoms. The second-order valence-electron chi connectivity index (χ2n) is 8.19. The molecule has 2 aromatic carbocycles. The van der Waals surface area contributed by atoms with Gasteiger partial charge < -0.3 is 20.1 Å². The molecule has 2 amide bonds. The lowest BCUT2D eigenvalue weighted by Crippen LogP contribution is -2.53. The van der Waals surface area contributed by atoms with Gasteiger partial charge in [-0.05, 0) is 29.8 Å². The minimum Gasteiger partial charge on any atom is -0.460 e. The summed E-state index contributed by atoms with van der Waals surface area (Å²) >= 11 is 0. The number of cyclic esters (lactones) is 1. The first-order valence-electron chi connectivity index (χ1n) is 11.0. The fourth-order valence-electron chi connectivity index (χ4n) is 3.92. The van der Waals surface area contributed by atoms with E-state index in [1.807, 2.05) is 35.2 Å². The van der Waals surface area contributed by atoms with Crippen LogP contribution in [0.5, 0.6) is 0 Å². The van der Waals surface area contributed by atoms with E-state index in [4.69, 9.17) is 20.6 Å². The van der Waals surface area contributed by atoms with Gasteiger partial charge in [0.2, 0.25) is 0 Å². The van der Waals surface area contributed by atoms with Gasteiger partial charge in [-0.2, -0.15) is 0 Å². The average molecular weight is 466 g/mol. The molecule has 1 unspecified atom stereocenters. The van der Waals surface area contributed by atoms with Gasteiger partial charge in [-0.15, -0.1) is 0 Å². The molecule has 2 aliphatic heterocycles. The van der Waals surface area contributed by atoms with E-state index in [0.29, 0.717) is 37.4 Å². The van der Waals surface area contributed by atoms with E-state index in [2.05, 4.69) is 0 Å². The van der Waals surface area contributed by atoms with Gasteiger partial charge in [-0.25, -0.2) is 4.79 Å². The van der Waals surface area contributed by atoms with E-state index < -0.39 is 12.2 Å². The number of carbonyl (C=O) groups excluding carboxylic acids is 3. The monoisotopic (exact) mass is 465 g/mol. The zero-order chi connectivity index (χ0) is 24.1. The van der Waals surface area contributed by atoms with Crippen LogP contribution in [-0.2, 0) is 25.7 Å². The van der Waals surface area contributed by atoms with Crippen molar-refractivity contribution in [1.82, 2.24) is 9.80 Å². The zero-order valence-corrected chi connectivity index (χ0v) is 18.7. The molecule has 2 aromatic rings. The lowest BCUT2D eigenvalue weighted by molar-refractivity contribution is -0.147. The van der Waals surface area contributed by atoms with Crippen molar-refractivity contribution in [1.29, 1.82) is 5.41 Å². The third-order valence-corrected chi connectivity index (χ3v) is 5.86. The quantitative estimate of drug-likeness (QED) is 0.357. The predicted molar refractivity (Wildman–Crippen MR) is 124 cm³/mol. The highest BCUT2D eigenvalue weighted by atomic mass is 16.6. The van der Waals surface area contributed by atoms with Crippen molar-refractivity contribution in [2.75, 3.05) is 44.2 Å². The average Bonchev–Trinajstić information content (AvgIpc) is 3.25. The number of piperazine rings is 1. The van der Waals surface area contributed by atoms with Gasteiger partial charge in [0.15, 0.2) is 6.10 Å². The van der Waals surface area contributed by atoms with Crippen molar-refractivity contribution >= 4 is 29.5 Å². The topological polar surface area (TPSA) is 129 Å². The Morgan fingerprint density at radius 2 is 1.71 bits per heavy atom. The van der Waals surface area contributed by atoms with Crippen LogP contribution in [-0.4, -0.2) is 79.0 Å². The number of amides is 2. The van der Waals surface area contributed by atoms with Crippen molar-refractivity contribution in [2.24, 2.45) is 5.73 Å². The molecule has 3 N–H and O–H groups in total. The molecule has 10 nitrogen and oxygen atoms in total. The molecular weight excluding hydrogens is 438 g/mol. The molecule has 0 aromatic heterocycles. The first-order chi connectivity index (χ1) is 16.4. The maximum atomic E-state index is 12.9. The van der Waals surface area contributed by atoms with Gasteiger partial charge in [0, 0.05) is 37.4 Å². The van der Waals surface area contributed by atoms with Gasteiger partial charge >= 0.3 is 12.1 Å². The first-order valence-corrected chi connectivity index (χ1v) is 11.0. The Labute approximate surface area is 197 Å². The lowest BCUT2D eigenvalue weighted by Gasteiger charge is -2.34. The second-order valence-corrected chi connectivity index (χ2v) is 8.19. The molecule has 34 heavy (non-hydrogen) atoms. The fraction of sp³-hybridized carbons (Fsp3) is 0.333. The standard InChI is InChI=1S/C24H27N5O5/c25-22(26)18-6-8-19(9-7-18)29-14-20(34-24(29)32)23(31)28-12-10-27(11-13-28)15-21(30)33-16-17-4-2-1-3-5-17/h1-9,20H,10-16H2,(H3,25,26). The molecule has 0 aliphatic carbocycles. The molecule has 2 fully saturated rings. The van der Waals surface area contributed by atoms with Crippen molar-refractivity contribution in [3.05, 3.63) is 65.7 Å². The van der Waals surface area contributed by atoms with Crippen LogP contribution < -0.4 is 10.6 Å². The molecule has 4 rings (SSSR count). The maximum Gasteiger partial charge on any atom is 0.415 e. The number of benzene rings is 2. The van der Waals surface area contributed by atoms with Crippen LogP contribution in [0.3, 0.4) is 0 Å². The van der Waals surface area contributed by atoms with E-state index in [0.717, 1.165) is 5.56 Å². The van der Waals surface area contributed by atoms with E-state index in [-0.39, 0.29) is 37.4 Å².